The Morgan fingerprint density at radius 3 is 0.700 bits per heavy atom. The molecule has 0 aliphatic rings. The van der Waals surface area contributed by atoms with Crippen molar-refractivity contribution in [1.82, 2.24) is 0 Å². The maximum atomic E-state index is 5.88. The lowest BCUT2D eigenvalue weighted by atomic mass is 10.0. The molecule has 0 aromatic heterocycles. The fourth-order valence-corrected chi connectivity index (χ4v) is 5.99. The zero-order chi connectivity index (χ0) is 22.0. The minimum atomic E-state index is -1.33. The zero-order valence-corrected chi connectivity index (χ0v) is 23.5. The fourth-order valence-electron chi connectivity index (χ4n) is 4.28. The third-order valence-corrected chi connectivity index (χ3v) is 8.73. The van der Waals surface area contributed by atoms with Crippen LogP contribution in [0.25, 0.3) is 0 Å². The molecule has 30 heavy (non-hydrogen) atoms. The number of hydrogen-bond donors (Lipinski definition) is 0. The Labute approximate surface area is 206 Å². The van der Waals surface area contributed by atoms with Crippen LogP contribution < -0.4 is 0 Å². The van der Waals surface area contributed by atoms with Gasteiger partial charge in [0.25, 0.3) is 0 Å². The Balaban J connectivity index is 2.99. The Hall–Kier alpha value is 1.09. The second kappa shape index (κ2) is 28.1. The summed E-state index contributed by atoms with van der Waals surface area (Å²) in [6, 6.07) is 1.10. The molecule has 0 aromatic carbocycles. The van der Waals surface area contributed by atoms with Crippen LogP contribution in [0.3, 0.4) is 0 Å². The molecule has 4 heteroatoms. The standard InChI is InChI=1S/C26H53Cl3Si/c27-25-23-21-19-17-15-13-11-9-7-5-3-1-2-4-6-8-10-12-14-16-18-20-22-24-26-30(28)29/h30H,1-26H2. The molecule has 0 bridgehead atoms. The quantitative estimate of drug-likeness (QED) is 0.0480. The lowest BCUT2D eigenvalue weighted by Crippen LogP contribution is -1.91. The average molecular weight is 500 g/mol. The van der Waals surface area contributed by atoms with Gasteiger partial charge in [0.05, 0.1) is 0 Å². The number of rotatable bonds is 26. The van der Waals surface area contributed by atoms with Gasteiger partial charge in [0, 0.05) is 5.88 Å². The molecule has 182 valence electrons. The van der Waals surface area contributed by atoms with E-state index in [9.17, 15) is 0 Å². The molecule has 0 aliphatic carbocycles. The van der Waals surface area contributed by atoms with Crippen LogP contribution in [0.2, 0.25) is 6.04 Å². The topological polar surface area (TPSA) is 0 Å². The summed E-state index contributed by atoms with van der Waals surface area (Å²) in [4.78, 5) is 0. The molecule has 0 heterocycles. The molecule has 0 N–H and O–H groups in total. The Morgan fingerprint density at radius 2 is 0.500 bits per heavy atom. The predicted octanol–water partition coefficient (Wildman–Crippen LogP) is 11.3. The van der Waals surface area contributed by atoms with Crippen LogP contribution in [0, 0.1) is 0 Å². The van der Waals surface area contributed by atoms with Crippen molar-refractivity contribution in [2.45, 2.75) is 160 Å². The normalized spacial score (nSPS) is 11.6. The van der Waals surface area contributed by atoms with Crippen LogP contribution >= 0.6 is 33.8 Å². The molecule has 0 fully saturated rings. The lowest BCUT2D eigenvalue weighted by Gasteiger charge is -2.04. The summed E-state index contributed by atoms with van der Waals surface area (Å²) in [6.45, 7) is 0. The van der Waals surface area contributed by atoms with Crippen molar-refractivity contribution in [3.05, 3.63) is 0 Å². The first kappa shape index (κ1) is 31.1. The van der Waals surface area contributed by atoms with E-state index in [4.69, 9.17) is 33.8 Å². The van der Waals surface area contributed by atoms with E-state index in [1.165, 1.54) is 154 Å². The smallest absolute Gasteiger partial charge is 0.150 e. The van der Waals surface area contributed by atoms with Crippen molar-refractivity contribution in [2.75, 3.05) is 5.88 Å². The third kappa shape index (κ3) is 29.1. The van der Waals surface area contributed by atoms with Crippen LogP contribution in [0.1, 0.15) is 154 Å². The minimum absolute atomic E-state index is 0.842. The number of unbranched alkanes of at least 4 members (excludes halogenated alkanes) is 23. The van der Waals surface area contributed by atoms with Crippen molar-refractivity contribution in [2.24, 2.45) is 0 Å². The lowest BCUT2D eigenvalue weighted by molar-refractivity contribution is 0.518. The van der Waals surface area contributed by atoms with Crippen LogP contribution in [0.5, 0.6) is 0 Å². The average Bonchev–Trinajstić information content (AvgIpc) is 2.73. The Bertz CT molecular complexity index is 300. The minimum Gasteiger partial charge on any atom is -0.150 e. The van der Waals surface area contributed by atoms with Gasteiger partial charge in [-0.15, -0.1) is 11.6 Å². The first-order valence-electron chi connectivity index (χ1n) is 13.6. The SMILES string of the molecule is ClCCCCCCCCCCCCCCCCCCCCCCCCCC[SiH](Cl)Cl. The van der Waals surface area contributed by atoms with E-state index in [0.29, 0.717) is 0 Å². The highest BCUT2D eigenvalue weighted by atomic mass is 35.7. The van der Waals surface area contributed by atoms with Crippen LogP contribution in [-0.4, -0.2) is 13.3 Å². The van der Waals surface area contributed by atoms with E-state index in [1.54, 1.807) is 0 Å². The Kier molecular flexibility index (Phi) is 29.1. The summed E-state index contributed by atoms with van der Waals surface area (Å²) in [6.07, 6.45) is 34.0. The van der Waals surface area contributed by atoms with Crippen LogP contribution in [0.15, 0.2) is 0 Å². The van der Waals surface area contributed by atoms with E-state index in [-0.39, 0.29) is 0 Å². The molecule has 0 unspecified atom stereocenters. The first-order valence-corrected chi connectivity index (χ1v) is 18.5. The van der Waals surface area contributed by atoms with Crippen molar-refractivity contribution < 1.29 is 0 Å². The highest BCUT2D eigenvalue weighted by Gasteiger charge is 2.00. The summed E-state index contributed by atoms with van der Waals surface area (Å²) in [5.74, 6) is 0.842. The van der Waals surface area contributed by atoms with Gasteiger partial charge in [0.2, 0.25) is 7.42 Å². The number of hydrogen-bond acceptors (Lipinski definition) is 0. The first-order chi connectivity index (χ1) is 14.8. The van der Waals surface area contributed by atoms with Crippen LogP contribution in [0.4, 0.5) is 0 Å². The van der Waals surface area contributed by atoms with Crippen molar-refractivity contribution >= 4 is 41.2 Å². The molecule has 0 nitrogen and oxygen atoms in total. The molecule has 0 rings (SSSR count). The van der Waals surface area contributed by atoms with Gasteiger partial charge in [-0.3, -0.25) is 0 Å². The third-order valence-electron chi connectivity index (χ3n) is 6.31. The second-order valence-corrected chi connectivity index (χ2v) is 14.9. The molecule has 0 amide bonds. The summed E-state index contributed by atoms with van der Waals surface area (Å²) in [7, 11) is -1.33. The molecule has 0 saturated carbocycles. The number of halogens is 3. The second-order valence-electron chi connectivity index (χ2n) is 9.35. The van der Waals surface area contributed by atoms with Gasteiger partial charge in [-0.2, -0.15) is 22.2 Å². The van der Waals surface area contributed by atoms with Gasteiger partial charge >= 0.3 is 0 Å². The molecular weight excluding hydrogens is 447 g/mol. The highest BCUT2D eigenvalue weighted by molar-refractivity contribution is 7.33. The molecule has 0 radical (unpaired) electrons. The molecular formula is C26H53Cl3Si. The van der Waals surface area contributed by atoms with E-state index < -0.39 is 7.42 Å². The molecule has 0 atom stereocenters. The summed E-state index contributed by atoms with van der Waals surface area (Å²) in [5, 5.41) is 0. The highest BCUT2D eigenvalue weighted by Crippen LogP contribution is 2.16. The zero-order valence-electron chi connectivity index (χ0n) is 20.1. The van der Waals surface area contributed by atoms with Gasteiger partial charge in [0.1, 0.15) is 0 Å². The van der Waals surface area contributed by atoms with Crippen molar-refractivity contribution in [3.63, 3.8) is 0 Å². The summed E-state index contributed by atoms with van der Waals surface area (Å²) < 4.78 is 0. The summed E-state index contributed by atoms with van der Waals surface area (Å²) in [5.41, 5.74) is 0. The Morgan fingerprint density at radius 1 is 0.300 bits per heavy atom. The van der Waals surface area contributed by atoms with Crippen LogP contribution in [-0.2, 0) is 0 Å². The molecule has 0 aliphatic heterocycles. The van der Waals surface area contributed by atoms with Crippen molar-refractivity contribution in [1.29, 1.82) is 0 Å². The number of alkyl halides is 1. The van der Waals surface area contributed by atoms with E-state index >= 15 is 0 Å². The molecule has 0 saturated heterocycles. The van der Waals surface area contributed by atoms with Gasteiger partial charge in [-0.1, -0.05) is 148 Å². The summed E-state index contributed by atoms with van der Waals surface area (Å²) >= 11 is 17.5. The predicted molar refractivity (Wildman–Crippen MR) is 145 cm³/mol. The fraction of sp³-hybridized carbons (Fsp3) is 1.00. The van der Waals surface area contributed by atoms with Gasteiger partial charge < -0.3 is 0 Å². The van der Waals surface area contributed by atoms with Gasteiger partial charge in [-0.05, 0) is 12.5 Å². The molecule has 0 aromatic rings. The van der Waals surface area contributed by atoms with E-state index in [0.717, 1.165) is 11.9 Å². The van der Waals surface area contributed by atoms with E-state index in [1.807, 2.05) is 0 Å². The van der Waals surface area contributed by atoms with Gasteiger partial charge in [-0.25, -0.2) is 0 Å². The maximum Gasteiger partial charge on any atom is 0.237 e. The van der Waals surface area contributed by atoms with Crippen molar-refractivity contribution in [3.8, 4) is 0 Å². The van der Waals surface area contributed by atoms with Gasteiger partial charge in [0.15, 0.2) is 0 Å². The monoisotopic (exact) mass is 498 g/mol. The maximum absolute atomic E-state index is 5.88. The molecule has 0 spiro atoms. The largest absolute Gasteiger partial charge is 0.237 e. The van der Waals surface area contributed by atoms with E-state index in [2.05, 4.69) is 0 Å².